The fourth-order valence-corrected chi connectivity index (χ4v) is 0.568. The number of ether oxygens (including phenoxy) is 1. The summed E-state index contributed by atoms with van der Waals surface area (Å²) in [7, 11) is 0. The molecule has 0 heterocycles. The average molecular weight is 176 g/mol. The third kappa shape index (κ3) is 23.1. The van der Waals surface area contributed by atoms with Gasteiger partial charge in [-0.1, -0.05) is 19.8 Å². The van der Waals surface area contributed by atoms with Gasteiger partial charge in [-0.05, 0) is 6.42 Å². The van der Waals surface area contributed by atoms with Crippen molar-refractivity contribution in [2.75, 3.05) is 6.61 Å². The Hall–Kier alpha value is -1.06. The van der Waals surface area contributed by atoms with Crippen molar-refractivity contribution in [3.8, 4) is 0 Å². The Kier molecular flexibility index (Phi) is 14.2. The standard InChI is InChI=1S/C7H14O2.CH2O2/c1-3-4-5-6-9-7(2)8;2-1-3/h3-6H2,1-2H3;1H,(H,2,3). The molecule has 0 saturated heterocycles. The van der Waals surface area contributed by atoms with Crippen LogP contribution in [0.4, 0.5) is 0 Å². The minimum absolute atomic E-state index is 0.175. The summed E-state index contributed by atoms with van der Waals surface area (Å²) in [6, 6.07) is 0. The van der Waals surface area contributed by atoms with Crippen LogP contribution in [0, 0.1) is 0 Å². The van der Waals surface area contributed by atoms with Crippen LogP contribution in [0.15, 0.2) is 0 Å². The van der Waals surface area contributed by atoms with E-state index >= 15 is 0 Å². The number of carbonyl (C=O) groups excluding carboxylic acids is 1. The molecule has 0 atom stereocenters. The molecule has 0 amide bonds. The summed E-state index contributed by atoms with van der Waals surface area (Å²) in [5, 5.41) is 6.89. The van der Waals surface area contributed by atoms with E-state index in [9.17, 15) is 4.79 Å². The molecule has 0 unspecified atom stereocenters. The molecule has 0 aromatic rings. The third-order valence-corrected chi connectivity index (χ3v) is 1.05. The van der Waals surface area contributed by atoms with Gasteiger partial charge >= 0.3 is 5.97 Å². The lowest BCUT2D eigenvalue weighted by atomic mass is 10.3. The Balaban J connectivity index is 0. The number of rotatable bonds is 4. The fraction of sp³-hybridized carbons (Fsp3) is 0.750. The number of carbonyl (C=O) groups is 2. The molecule has 0 spiro atoms. The van der Waals surface area contributed by atoms with Gasteiger partial charge in [-0.15, -0.1) is 0 Å². The maximum absolute atomic E-state index is 10.2. The Morgan fingerprint density at radius 2 is 2.00 bits per heavy atom. The summed E-state index contributed by atoms with van der Waals surface area (Å²) in [6.45, 7) is 3.89. The van der Waals surface area contributed by atoms with Crippen molar-refractivity contribution in [1.82, 2.24) is 0 Å². The van der Waals surface area contributed by atoms with E-state index in [-0.39, 0.29) is 12.4 Å². The van der Waals surface area contributed by atoms with Gasteiger partial charge in [-0.3, -0.25) is 9.59 Å². The van der Waals surface area contributed by atoms with Crippen molar-refractivity contribution in [3.05, 3.63) is 0 Å². The number of hydrogen-bond donors (Lipinski definition) is 1. The molecule has 0 fully saturated rings. The van der Waals surface area contributed by atoms with E-state index in [1.807, 2.05) is 0 Å². The van der Waals surface area contributed by atoms with Crippen LogP contribution in [0.1, 0.15) is 33.1 Å². The quantitative estimate of drug-likeness (QED) is 0.400. The van der Waals surface area contributed by atoms with Gasteiger partial charge in [0, 0.05) is 6.92 Å². The maximum atomic E-state index is 10.2. The highest BCUT2D eigenvalue weighted by molar-refractivity contribution is 5.65. The Labute approximate surface area is 72.5 Å². The molecular formula is C8H16O4. The first kappa shape index (κ1) is 13.5. The zero-order chi connectivity index (χ0) is 9.82. The van der Waals surface area contributed by atoms with Crippen LogP contribution in [0.2, 0.25) is 0 Å². The van der Waals surface area contributed by atoms with Crippen LogP contribution < -0.4 is 0 Å². The SMILES string of the molecule is CCCCCOC(C)=O.O=CO. The number of carboxylic acid groups (broad SMARTS) is 1. The first-order chi connectivity index (χ1) is 5.68. The van der Waals surface area contributed by atoms with Crippen molar-refractivity contribution in [2.24, 2.45) is 0 Å². The Morgan fingerprint density at radius 3 is 2.33 bits per heavy atom. The van der Waals surface area contributed by atoms with E-state index in [0.29, 0.717) is 6.61 Å². The highest BCUT2D eigenvalue weighted by Gasteiger charge is 1.89. The summed E-state index contributed by atoms with van der Waals surface area (Å²) in [5.41, 5.74) is 0. The topological polar surface area (TPSA) is 63.6 Å². The predicted molar refractivity (Wildman–Crippen MR) is 44.9 cm³/mol. The molecule has 12 heavy (non-hydrogen) atoms. The molecular weight excluding hydrogens is 160 g/mol. The molecule has 4 nitrogen and oxygen atoms in total. The van der Waals surface area contributed by atoms with Crippen molar-refractivity contribution in [1.29, 1.82) is 0 Å². The third-order valence-electron chi connectivity index (χ3n) is 1.05. The lowest BCUT2D eigenvalue weighted by Gasteiger charge is -1.98. The van der Waals surface area contributed by atoms with Crippen LogP contribution in [0.25, 0.3) is 0 Å². The van der Waals surface area contributed by atoms with E-state index in [4.69, 9.17) is 14.6 Å². The molecule has 0 saturated carbocycles. The van der Waals surface area contributed by atoms with Crippen LogP contribution >= 0.6 is 0 Å². The molecule has 0 aromatic heterocycles. The van der Waals surface area contributed by atoms with Gasteiger partial charge in [0.2, 0.25) is 0 Å². The molecule has 0 aliphatic heterocycles. The number of unbranched alkanes of at least 4 members (excludes halogenated alkanes) is 2. The molecule has 4 heteroatoms. The van der Waals surface area contributed by atoms with Crippen molar-refractivity contribution < 1.29 is 19.4 Å². The minimum Gasteiger partial charge on any atom is -0.483 e. The van der Waals surface area contributed by atoms with Crippen LogP contribution in [0.5, 0.6) is 0 Å². The van der Waals surface area contributed by atoms with Gasteiger partial charge in [0.05, 0.1) is 6.61 Å². The van der Waals surface area contributed by atoms with E-state index < -0.39 is 0 Å². The highest BCUT2D eigenvalue weighted by atomic mass is 16.5. The number of hydrogen-bond acceptors (Lipinski definition) is 3. The number of esters is 1. The van der Waals surface area contributed by atoms with Crippen molar-refractivity contribution >= 4 is 12.4 Å². The zero-order valence-electron chi connectivity index (χ0n) is 7.58. The largest absolute Gasteiger partial charge is 0.483 e. The second-order valence-corrected chi connectivity index (χ2v) is 2.15. The smallest absolute Gasteiger partial charge is 0.302 e. The lowest BCUT2D eigenvalue weighted by molar-refractivity contribution is -0.141. The van der Waals surface area contributed by atoms with Gasteiger partial charge in [0.15, 0.2) is 0 Å². The maximum Gasteiger partial charge on any atom is 0.302 e. The normalized spacial score (nSPS) is 7.83. The van der Waals surface area contributed by atoms with Crippen LogP contribution in [-0.2, 0) is 14.3 Å². The van der Waals surface area contributed by atoms with Gasteiger partial charge < -0.3 is 9.84 Å². The van der Waals surface area contributed by atoms with E-state index in [2.05, 4.69) is 6.92 Å². The van der Waals surface area contributed by atoms with E-state index in [1.165, 1.54) is 13.3 Å². The average Bonchev–Trinajstić information content (AvgIpc) is 1.99. The first-order valence-corrected chi connectivity index (χ1v) is 3.90. The van der Waals surface area contributed by atoms with E-state index in [1.54, 1.807) is 0 Å². The summed E-state index contributed by atoms with van der Waals surface area (Å²) in [6.07, 6.45) is 3.31. The highest BCUT2D eigenvalue weighted by Crippen LogP contribution is 1.93. The summed E-state index contributed by atoms with van der Waals surface area (Å²) >= 11 is 0. The molecule has 0 aliphatic carbocycles. The molecule has 0 rings (SSSR count). The Morgan fingerprint density at radius 1 is 1.50 bits per heavy atom. The molecule has 0 aromatic carbocycles. The zero-order valence-corrected chi connectivity index (χ0v) is 7.58. The van der Waals surface area contributed by atoms with Gasteiger partial charge in [0.25, 0.3) is 6.47 Å². The van der Waals surface area contributed by atoms with Crippen molar-refractivity contribution in [3.63, 3.8) is 0 Å². The molecule has 0 bridgehead atoms. The van der Waals surface area contributed by atoms with Crippen molar-refractivity contribution in [2.45, 2.75) is 33.1 Å². The fourth-order valence-electron chi connectivity index (χ4n) is 0.568. The summed E-state index contributed by atoms with van der Waals surface area (Å²) in [4.78, 5) is 18.5. The molecule has 72 valence electrons. The Bertz CT molecular complexity index is 112. The second kappa shape index (κ2) is 12.6. The predicted octanol–water partition coefficient (Wildman–Crippen LogP) is 1.44. The second-order valence-electron chi connectivity index (χ2n) is 2.15. The molecule has 0 radical (unpaired) electrons. The monoisotopic (exact) mass is 176 g/mol. The first-order valence-electron chi connectivity index (χ1n) is 3.90. The van der Waals surface area contributed by atoms with Crippen LogP contribution in [-0.4, -0.2) is 24.2 Å². The van der Waals surface area contributed by atoms with E-state index in [0.717, 1.165) is 12.8 Å². The minimum atomic E-state index is -0.250. The lowest BCUT2D eigenvalue weighted by Crippen LogP contribution is -1.99. The summed E-state index contributed by atoms with van der Waals surface area (Å²) in [5.74, 6) is -0.175. The summed E-state index contributed by atoms with van der Waals surface area (Å²) < 4.78 is 4.70. The molecule has 0 aliphatic rings. The van der Waals surface area contributed by atoms with Gasteiger partial charge in [-0.25, -0.2) is 0 Å². The molecule has 1 N–H and O–H groups in total. The van der Waals surface area contributed by atoms with Gasteiger partial charge in [0.1, 0.15) is 0 Å². The van der Waals surface area contributed by atoms with Gasteiger partial charge in [-0.2, -0.15) is 0 Å². The van der Waals surface area contributed by atoms with Crippen LogP contribution in [0.3, 0.4) is 0 Å².